The van der Waals surface area contributed by atoms with E-state index >= 15 is 0 Å². The molecule has 10 aromatic rings. The van der Waals surface area contributed by atoms with Gasteiger partial charge in [0.05, 0.1) is 32.2 Å². The van der Waals surface area contributed by atoms with Gasteiger partial charge in [-0.25, -0.2) is 0 Å². The van der Waals surface area contributed by atoms with Crippen molar-refractivity contribution in [3.8, 4) is 33.6 Å². The molecule has 55 heavy (non-hydrogen) atoms. The van der Waals surface area contributed by atoms with E-state index in [4.69, 9.17) is 22.2 Å². The smallest absolute Gasteiger partial charge is 0.309 e. The predicted octanol–water partition coefficient (Wildman–Crippen LogP) is 13.8. The zero-order chi connectivity index (χ0) is 37.3. The van der Waals surface area contributed by atoms with Crippen molar-refractivity contribution >= 4 is 115 Å². The quantitative estimate of drug-likeness (QED) is 0.116. The van der Waals surface area contributed by atoms with E-state index < -0.39 is 6.69 Å². The minimum atomic E-state index is -2.97. The highest BCUT2D eigenvalue weighted by molar-refractivity contribution is 9.11. The molecule has 0 N–H and O–H groups in total. The van der Waals surface area contributed by atoms with Gasteiger partial charge in [0.15, 0.2) is 0 Å². The van der Waals surface area contributed by atoms with Gasteiger partial charge < -0.3 is 9.13 Å². The van der Waals surface area contributed by atoms with E-state index in [0.29, 0.717) is 0 Å². The van der Waals surface area contributed by atoms with E-state index in [9.17, 15) is 0 Å². The number of benzene rings is 8. The van der Waals surface area contributed by atoms with Gasteiger partial charge in [-0.05, 0) is 113 Å². The van der Waals surface area contributed by atoms with Crippen molar-refractivity contribution in [3.05, 3.63) is 191 Å². The first-order valence-corrected chi connectivity index (χ1v) is 23.6. The van der Waals surface area contributed by atoms with Crippen LogP contribution in [0.4, 0.5) is 0 Å². The van der Waals surface area contributed by atoms with Gasteiger partial charge in [-0.2, -0.15) is 0 Å². The van der Waals surface area contributed by atoms with Crippen molar-refractivity contribution in [2.75, 3.05) is 0 Å². The van der Waals surface area contributed by atoms with E-state index in [1.165, 1.54) is 32.9 Å². The van der Waals surface area contributed by atoms with Crippen molar-refractivity contribution in [2.45, 2.75) is 0 Å². The largest absolute Gasteiger partial charge is 0.310 e. The van der Waals surface area contributed by atoms with Crippen molar-refractivity contribution in [1.29, 1.82) is 0 Å². The molecule has 0 saturated carbocycles. The van der Waals surface area contributed by atoms with Crippen LogP contribution >= 0.6 is 54.0 Å². The third-order valence-electron chi connectivity index (χ3n) is 10.7. The summed E-state index contributed by atoms with van der Waals surface area (Å²) >= 11 is 22.4. The lowest BCUT2D eigenvalue weighted by Gasteiger charge is -2.19. The van der Waals surface area contributed by atoms with E-state index in [0.717, 1.165) is 63.6 Å². The molecular formula is C48H30Br2Cl2N2Si. The molecule has 0 aliphatic carbocycles. The van der Waals surface area contributed by atoms with Crippen LogP contribution in [0.1, 0.15) is 0 Å². The first-order chi connectivity index (χ1) is 26.9. The van der Waals surface area contributed by atoms with Gasteiger partial charge in [-0.3, -0.25) is 0 Å². The molecule has 0 saturated heterocycles. The maximum absolute atomic E-state index is 7.20. The van der Waals surface area contributed by atoms with Crippen LogP contribution in [0.2, 0.25) is 0 Å². The van der Waals surface area contributed by atoms with Crippen LogP contribution in [-0.4, -0.2) is 15.8 Å². The Bertz CT molecular complexity index is 3100. The summed E-state index contributed by atoms with van der Waals surface area (Å²) in [5, 5.41) is 6.69. The molecule has 10 rings (SSSR count). The van der Waals surface area contributed by atoms with Crippen molar-refractivity contribution in [3.63, 3.8) is 0 Å². The van der Waals surface area contributed by atoms with Gasteiger partial charge in [0.1, 0.15) is 0 Å². The van der Waals surface area contributed by atoms with Crippen molar-refractivity contribution in [2.24, 2.45) is 0 Å². The summed E-state index contributed by atoms with van der Waals surface area (Å²) in [6.07, 6.45) is 0. The Kier molecular flexibility index (Phi) is 8.62. The maximum Gasteiger partial charge on any atom is 0.310 e. The number of nitrogens with zero attached hydrogens (tertiary/aromatic N) is 2. The maximum atomic E-state index is 7.20. The van der Waals surface area contributed by atoms with Crippen molar-refractivity contribution in [1.82, 2.24) is 9.13 Å². The van der Waals surface area contributed by atoms with Gasteiger partial charge in [0, 0.05) is 31.7 Å². The summed E-state index contributed by atoms with van der Waals surface area (Å²) in [4.78, 5) is 0. The van der Waals surface area contributed by atoms with E-state index in [2.05, 4.69) is 187 Å². The topological polar surface area (TPSA) is 9.86 Å². The molecule has 0 bridgehead atoms. The summed E-state index contributed by atoms with van der Waals surface area (Å²) < 4.78 is 6.77. The SMILES string of the molecule is Cl[Si](Cl)(c1ccccc1)c1cccc(-c2ccc3c4cc(-n5c6ccccc6c6cc(-c7ccccc7)ccc65)ccc4n(-c4ccccc4Br)c3c2Br)c1. The molecular weight excluding hydrogens is 863 g/mol. The zero-order valence-electron chi connectivity index (χ0n) is 29.2. The molecule has 0 spiro atoms. The molecule has 0 aliphatic rings. The number of hydrogen-bond donors (Lipinski definition) is 0. The van der Waals surface area contributed by atoms with Gasteiger partial charge in [-0.1, -0.05) is 133 Å². The molecule has 2 aromatic heterocycles. The minimum Gasteiger partial charge on any atom is -0.309 e. The molecule has 0 atom stereocenters. The first kappa shape index (κ1) is 34.6. The Hall–Kier alpha value is -4.88. The molecule has 0 amide bonds. The van der Waals surface area contributed by atoms with Crippen LogP contribution in [0.3, 0.4) is 0 Å². The van der Waals surface area contributed by atoms with Crippen LogP contribution in [0, 0.1) is 0 Å². The summed E-state index contributed by atoms with van der Waals surface area (Å²) in [5.41, 5.74) is 11.2. The normalized spacial score (nSPS) is 12.0. The van der Waals surface area contributed by atoms with Gasteiger partial charge in [0.2, 0.25) is 0 Å². The van der Waals surface area contributed by atoms with E-state index in [1.54, 1.807) is 0 Å². The average molecular weight is 894 g/mol. The van der Waals surface area contributed by atoms with Crippen LogP contribution in [0.15, 0.2) is 191 Å². The highest BCUT2D eigenvalue weighted by Crippen LogP contribution is 2.44. The molecule has 0 unspecified atom stereocenters. The third kappa shape index (κ3) is 5.72. The molecule has 2 nitrogen and oxygen atoms in total. The number of hydrogen-bond acceptors (Lipinski definition) is 0. The van der Waals surface area contributed by atoms with Gasteiger partial charge in [0.25, 0.3) is 0 Å². The first-order valence-electron chi connectivity index (χ1n) is 18.0. The monoisotopic (exact) mass is 890 g/mol. The number of halogens is 4. The van der Waals surface area contributed by atoms with Crippen molar-refractivity contribution < 1.29 is 0 Å². The molecule has 7 heteroatoms. The number of rotatable bonds is 6. The van der Waals surface area contributed by atoms with E-state index in [1.807, 2.05) is 36.4 Å². The Morgan fingerprint density at radius 3 is 1.87 bits per heavy atom. The predicted molar refractivity (Wildman–Crippen MR) is 245 cm³/mol. The molecule has 0 radical (unpaired) electrons. The molecule has 0 fully saturated rings. The summed E-state index contributed by atoms with van der Waals surface area (Å²) in [6.45, 7) is -2.97. The summed E-state index contributed by atoms with van der Waals surface area (Å²) in [5.74, 6) is 0. The van der Waals surface area contributed by atoms with Gasteiger partial charge in [-0.15, -0.1) is 22.2 Å². The van der Waals surface area contributed by atoms with Crippen LogP contribution in [0.5, 0.6) is 0 Å². The molecule has 2 heterocycles. The lowest BCUT2D eigenvalue weighted by molar-refractivity contribution is 1.15. The second-order valence-corrected chi connectivity index (χ2v) is 21.7. The number of fused-ring (bicyclic) bond motifs is 6. The molecule has 264 valence electrons. The lowest BCUT2D eigenvalue weighted by atomic mass is 10.0. The number of aromatic nitrogens is 2. The third-order valence-corrected chi connectivity index (χ3v) is 16.8. The Balaban J connectivity index is 1.19. The fourth-order valence-corrected chi connectivity index (χ4v) is 12.3. The van der Waals surface area contributed by atoms with Crippen LogP contribution in [0.25, 0.3) is 77.2 Å². The Morgan fingerprint density at radius 1 is 0.418 bits per heavy atom. The molecule has 8 aromatic carbocycles. The summed E-state index contributed by atoms with van der Waals surface area (Å²) in [6, 6.07) is 64.2. The van der Waals surface area contributed by atoms with Crippen LogP contribution < -0.4 is 10.4 Å². The second kappa shape index (κ2) is 13.7. The Labute approximate surface area is 345 Å². The van der Waals surface area contributed by atoms with Crippen LogP contribution in [-0.2, 0) is 0 Å². The Morgan fingerprint density at radius 2 is 1.05 bits per heavy atom. The number of para-hydroxylation sites is 2. The second-order valence-electron chi connectivity index (χ2n) is 13.8. The minimum absolute atomic E-state index is 0.949. The average Bonchev–Trinajstić information content (AvgIpc) is 3.74. The fourth-order valence-electron chi connectivity index (χ4n) is 8.06. The van der Waals surface area contributed by atoms with Gasteiger partial charge >= 0.3 is 6.69 Å². The van der Waals surface area contributed by atoms with E-state index in [-0.39, 0.29) is 0 Å². The highest BCUT2D eigenvalue weighted by atomic mass is 79.9. The standard InChI is InChI=1S/C48H30Br2Cl2N2Si/c49-42-19-8-10-21-46(42)54-45-27-23-34(53-43-20-9-7-18-38(43)40-29-32(22-26-44(40)53)31-12-3-1-4-13-31)30-41(45)39-25-24-37(47(50)48(39)54)33-14-11-17-36(28-33)55(51,52)35-15-5-2-6-16-35/h1-30H. The zero-order valence-corrected chi connectivity index (χ0v) is 34.9. The lowest BCUT2D eigenvalue weighted by Crippen LogP contribution is -2.48. The fraction of sp³-hybridized carbons (Fsp3) is 0. The highest BCUT2D eigenvalue weighted by Gasteiger charge is 2.34. The summed E-state index contributed by atoms with van der Waals surface area (Å²) in [7, 11) is 0. The molecule has 0 aliphatic heterocycles.